The molecule has 2 saturated heterocycles. The molecule has 0 radical (unpaired) electrons. The van der Waals surface area contributed by atoms with E-state index in [-0.39, 0.29) is 4.48 Å². The Morgan fingerprint density at radius 3 is 1.81 bits per heavy atom. The van der Waals surface area contributed by atoms with Crippen molar-refractivity contribution in [2.45, 2.75) is 61.3 Å². The Hall–Kier alpha value is -0.440. The van der Waals surface area contributed by atoms with Crippen molar-refractivity contribution in [3.63, 3.8) is 0 Å². The predicted molar refractivity (Wildman–Crippen MR) is 84.4 cm³/mol. The van der Waals surface area contributed by atoms with Crippen molar-refractivity contribution in [2.75, 3.05) is 34.4 Å². The van der Waals surface area contributed by atoms with Crippen LogP contribution in [0.4, 0.5) is 0 Å². The van der Waals surface area contributed by atoms with E-state index < -0.39 is 74.6 Å². The van der Waals surface area contributed by atoms with Gasteiger partial charge in [-0.05, 0) is 0 Å². The molecular weight excluding hydrogens is 354 g/mol. The third-order valence-electron chi connectivity index (χ3n) is 4.87. The van der Waals surface area contributed by atoms with Gasteiger partial charge >= 0.3 is 0 Å². The first-order valence-electron chi connectivity index (χ1n) is 8.42. The maximum absolute atomic E-state index is 10.5. The summed E-state index contributed by atoms with van der Waals surface area (Å²) in [5, 5.41) is 69.3. The van der Waals surface area contributed by atoms with Crippen LogP contribution in [0.1, 0.15) is 0 Å². The first-order chi connectivity index (χ1) is 12.0. The Bertz CT molecular complexity index is 458. The maximum Gasteiger partial charge on any atom is 0.211 e. The van der Waals surface area contributed by atoms with E-state index in [2.05, 4.69) is 0 Å². The third kappa shape index (κ3) is 4.18. The van der Waals surface area contributed by atoms with E-state index in [1.54, 1.807) is 21.1 Å². The largest absolute Gasteiger partial charge is 0.394 e. The van der Waals surface area contributed by atoms with E-state index >= 15 is 0 Å². The lowest BCUT2D eigenvalue weighted by atomic mass is 9.94. The van der Waals surface area contributed by atoms with Crippen LogP contribution in [0.25, 0.3) is 0 Å². The zero-order chi connectivity index (χ0) is 19.8. The molecule has 26 heavy (non-hydrogen) atoms. The Morgan fingerprint density at radius 1 is 0.769 bits per heavy atom. The first kappa shape index (κ1) is 21.9. The summed E-state index contributed by atoms with van der Waals surface area (Å²) in [5.74, 6) is 0. The van der Waals surface area contributed by atoms with Crippen molar-refractivity contribution < 1.29 is 54.4 Å². The van der Waals surface area contributed by atoms with Crippen molar-refractivity contribution in [1.82, 2.24) is 0 Å². The average Bonchev–Trinajstić information content (AvgIpc) is 2.56. The minimum atomic E-state index is -1.65. The van der Waals surface area contributed by atoms with Crippen molar-refractivity contribution in [1.29, 1.82) is 0 Å². The van der Waals surface area contributed by atoms with Crippen LogP contribution in [0.3, 0.4) is 0 Å². The van der Waals surface area contributed by atoms with Crippen LogP contribution in [0, 0.1) is 0 Å². The Kier molecular flexibility index (Phi) is 6.97. The Labute approximate surface area is 151 Å². The van der Waals surface area contributed by atoms with Crippen LogP contribution < -0.4 is 0 Å². The smallest absolute Gasteiger partial charge is 0.211 e. The number of aliphatic hydroxyl groups excluding tert-OH is 7. The monoisotopic (exact) mass is 384 g/mol. The first-order valence-corrected chi connectivity index (χ1v) is 8.42. The molecule has 0 aromatic carbocycles. The number of ether oxygens (including phenoxy) is 3. The quantitative estimate of drug-likeness (QED) is 0.229. The molecule has 10 atom stereocenters. The molecule has 2 rings (SSSR count). The van der Waals surface area contributed by atoms with Gasteiger partial charge in [0, 0.05) is 0 Å². The third-order valence-corrected chi connectivity index (χ3v) is 4.87. The van der Waals surface area contributed by atoms with Crippen molar-refractivity contribution >= 4 is 0 Å². The summed E-state index contributed by atoms with van der Waals surface area (Å²) in [7, 11) is 5.19. The van der Waals surface area contributed by atoms with E-state index in [1.807, 2.05) is 0 Å². The zero-order valence-electron chi connectivity index (χ0n) is 15.0. The molecule has 11 heteroatoms. The second-order valence-corrected chi connectivity index (χ2v) is 7.64. The van der Waals surface area contributed by atoms with Crippen molar-refractivity contribution in [2.24, 2.45) is 0 Å². The number of hydrogen-bond donors (Lipinski definition) is 7. The number of nitrogens with zero attached hydrogens (tertiary/aromatic N) is 1. The standard InChI is InChI=1S/C15H30NO10/c1-16(2,3)8-13(10(20)7(5-18)24-14(8)23)26-15-12(22)11(21)9(19)6(4-17)25-15/h6-15,17-23H,4-5H2,1-3H3/q+1. The molecule has 0 aromatic heterocycles. The summed E-state index contributed by atoms with van der Waals surface area (Å²) in [4.78, 5) is 0. The second-order valence-electron chi connectivity index (χ2n) is 7.64. The molecule has 2 aliphatic heterocycles. The number of likely N-dealkylation sites (N-methyl/N-ethyl adjacent to an activating group) is 1. The Morgan fingerprint density at radius 2 is 1.31 bits per heavy atom. The maximum atomic E-state index is 10.5. The highest BCUT2D eigenvalue weighted by atomic mass is 16.7. The molecule has 154 valence electrons. The van der Waals surface area contributed by atoms with Crippen LogP contribution in [-0.4, -0.2) is 136 Å². The van der Waals surface area contributed by atoms with Gasteiger partial charge in [-0.15, -0.1) is 0 Å². The van der Waals surface area contributed by atoms with Gasteiger partial charge in [-0.1, -0.05) is 0 Å². The highest BCUT2D eigenvalue weighted by molar-refractivity contribution is 4.94. The van der Waals surface area contributed by atoms with Gasteiger partial charge in [0.25, 0.3) is 0 Å². The number of quaternary nitrogens is 1. The van der Waals surface area contributed by atoms with Gasteiger partial charge in [0.05, 0.1) is 34.4 Å². The van der Waals surface area contributed by atoms with Crippen LogP contribution in [0.2, 0.25) is 0 Å². The van der Waals surface area contributed by atoms with Gasteiger partial charge < -0.3 is 54.4 Å². The molecule has 0 aromatic rings. The lowest BCUT2D eigenvalue weighted by Gasteiger charge is -2.49. The van der Waals surface area contributed by atoms with Gasteiger partial charge in [0.15, 0.2) is 12.3 Å². The molecule has 0 spiro atoms. The lowest BCUT2D eigenvalue weighted by molar-refractivity contribution is -0.910. The average molecular weight is 384 g/mol. The van der Waals surface area contributed by atoms with Gasteiger partial charge in [-0.2, -0.15) is 0 Å². The molecule has 0 amide bonds. The van der Waals surface area contributed by atoms with Gasteiger partial charge in [0.1, 0.15) is 42.7 Å². The number of aliphatic hydroxyl groups is 7. The molecule has 2 aliphatic rings. The fourth-order valence-electron chi connectivity index (χ4n) is 3.39. The van der Waals surface area contributed by atoms with Crippen LogP contribution in [-0.2, 0) is 14.2 Å². The van der Waals surface area contributed by atoms with E-state index in [4.69, 9.17) is 14.2 Å². The zero-order valence-corrected chi connectivity index (χ0v) is 15.0. The van der Waals surface area contributed by atoms with E-state index in [0.717, 1.165) is 0 Å². The van der Waals surface area contributed by atoms with Gasteiger partial charge in [0.2, 0.25) is 6.29 Å². The highest BCUT2D eigenvalue weighted by Gasteiger charge is 2.54. The fourth-order valence-corrected chi connectivity index (χ4v) is 3.39. The molecule has 7 N–H and O–H groups in total. The van der Waals surface area contributed by atoms with Gasteiger partial charge in [-0.25, -0.2) is 0 Å². The van der Waals surface area contributed by atoms with E-state index in [9.17, 15) is 35.7 Å². The minimum absolute atomic E-state index is 0.110. The summed E-state index contributed by atoms with van der Waals surface area (Å²) in [6, 6.07) is -0.819. The Balaban J connectivity index is 2.26. The van der Waals surface area contributed by atoms with Crippen LogP contribution in [0.5, 0.6) is 0 Å². The highest BCUT2D eigenvalue weighted by Crippen LogP contribution is 2.31. The van der Waals surface area contributed by atoms with Crippen LogP contribution in [0.15, 0.2) is 0 Å². The van der Waals surface area contributed by atoms with Crippen LogP contribution >= 0.6 is 0 Å². The van der Waals surface area contributed by atoms with Crippen molar-refractivity contribution in [3.05, 3.63) is 0 Å². The van der Waals surface area contributed by atoms with Crippen molar-refractivity contribution in [3.8, 4) is 0 Å². The summed E-state index contributed by atoms with van der Waals surface area (Å²) < 4.78 is 16.3. The summed E-state index contributed by atoms with van der Waals surface area (Å²) in [5.41, 5.74) is 0. The molecule has 10 unspecified atom stereocenters. The molecule has 2 fully saturated rings. The number of rotatable bonds is 5. The number of hydrogen-bond acceptors (Lipinski definition) is 10. The summed E-state index contributed by atoms with van der Waals surface area (Å²) in [6.07, 6.45) is -12.5. The van der Waals surface area contributed by atoms with E-state index in [1.165, 1.54) is 0 Å². The predicted octanol–water partition coefficient (Wildman–Crippen LogP) is -4.68. The molecule has 2 heterocycles. The molecule has 0 saturated carbocycles. The summed E-state index contributed by atoms with van der Waals surface area (Å²) >= 11 is 0. The second kappa shape index (κ2) is 8.29. The van der Waals surface area contributed by atoms with Gasteiger partial charge in [-0.3, -0.25) is 0 Å². The molecule has 11 nitrogen and oxygen atoms in total. The summed E-state index contributed by atoms with van der Waals surface area (Å²) in [6.45, 7) is -1.20. The SMILES string of the molecule is C[N+](C)(C)C1C(O)OC(CO)C(O)C1OC1OC(CO)C(O)C(O)C1O. The topological polar surface area (TPSA) is 169 Å². The molecule has 0 bridgehead atoms. The molecule has 0 aliphatic carbocycles. The van der Waals surface area contributed by atoms with E-state index in [0.29, 0.717) is 0 Å². The normalized spacial score (nSPS) is 47.8. The fraction of sp³-hybridized carbons (Fsp3) is 1.00. The minimum Gasteiger partial charge on any atom is -0.394 e. The lowest BCUT2D eigenvalue weighted by Crippen LogP contribution is -2.70. The molecular formula is C15H30NO10+.